The van der Waals surface area contributed by atoms with Crippen LogP contribution in [0.25, 0.3) is 0 Å². The summed E-state index contributed by atoms with van der Waals surface area (Å²) >= 11 is 0. The van der Waals surface area contributed by atoms with Crippen molar-refractivity contribution in [3.63, 3.8) is 0 Å². The number of hydrogen-bond donors (Lipinski definition) is 2. The molecule has 0 saturated heterocycles. The highest BCUT2D eigenvalue weighted by molar-refractivity contribution is 7.90. The van der Waals surface area contributed by atoms with Crippen molar-refractivity contribution >= 4 is 16.0 Å². The van der Waals surface area contributed by atoms with Crippen LogP contribution in [0.5, 0.6) is 0 Å². The van der Waals surface area contributed by atoms with Gasteiger partial charge in [-0.05, 0) is 11.5 Å². The Bertz CT molecular complexity index is 496. The summed E-state index contributed by atoms with van der Waals surface area (Å²) in [6, 6.07) is 8.68. The molecule has 0 aliphatic heterocycles. The molecule has 0 bridgehead atoms. The maximum atomic E-state index is 11.6. The van der Waals surface area contributed by atoms with E-state index in [1.807, 2.05) is 44.2 Å². The molecular formula is C12H17NO4S. The maximum Gasteiger partial charge on any atom is 0.320 e. The number of nitrogens with one attached hydrogen (secondary N) is 1. The number of rotatable bonds is 6. The zero-order valence-corrected chi connectivity index (χ0v) is 11.1. The van der Waals surface area contributed by atoms with Gasteiger partial charge >= 0.3 is 5.97 Å². The zero-order chi connectivity index (χ0) is 13.8. The van der Waals surface area contributed by atoms with Crippen LogP contribution in [0.1, 0.15) is 25.5 Å². The molecule has 0 aliphatic rings. The molecule has 1 unspecified atom stereocenters. The third kappa shape index (κ3) is 4.46. The van der Waals surface area contributed by atoms with Gasteiger partial charge in [-0.25, -0.2) is 13.1 Å². The number of carboxylic acids is 1. The van der Waals surface area contributed by atoms with Crippen LogP contribution in [-0.2, 0) is 14.8 Å². The van der Waals surface area contributed by atoms with Gasteiger partial charge in [0.2, 0.25) is 10.0 Å². The molecule has 0 aliphatic carbocycles. The minimum Gasteiger partial charge on any atom is -0.480 e. The Morgan fingerprint density at radius 1 is 1.28 bits per heavy atom. The van der Waals surface area contributed by atoms with Crippen molar-refractivity contribution in [2.45, 2.75) is 19.9 Å². The number of aliphatic carboxylic acids is 1. The molecule has 0 aromatic heterocycles. The molecule has 0 fully saturated rings. The second-order valence-electron chi connectivity index (χ2n) is 4.40. The smallest absolute Gasteiger partial charge is 0.320 e. The van der Waals surface area contributed by atoms with Crippen LogP contribution in [0.2, 0.25) is 0 Å². The first-order valence-corrected chi connectivity index (χ1v) is 7.24. The van der Waals surface area contributed by atoms with Gasteiger partial charge in [0, 0.05) is 6.04 Å². The molecule has 2 N–H and O–H groups in total. The predicted molar refractivity (Wildman–Crippen MR) is 68.6 cm³/mol. The largest absolute Gasteiger partial charge is 0.480 e. The van der Waals surface area contributed by atoms with E-state index in [0.29, 0.717) is 0 Å². The molecule has 0 amide bonds. The third-order valence-corrected chi connectivity index (χ3v) is 3.69. The molecule has 0 heterocycles. The van der Waals surface area contributed by atoms with Crippen LogP contribution < -0.4 is 4.72 Å². The number of sulfonamides is 1. The average molecular weight is 271 g/mol. The Balaban J connectivity index is 2.92. The highest BCUT2D eigenvalue weighted by Crippen LogP contribution is 2.22. The fraction of sp³-hybridized carbons (Fsp3) is 0.417. The highest BCUT2D eigenvalue weighted by Gasteiger charge is 2.24. The number of hydrogen-bond acceptors (Lipinski definition) is 3. The van der Waals surface area contributed by atoms with Crippen molar-refractivity contribution in [2.24, 2.45) is 5.92 Å². The van der Waals surface area contributed by atoms with Gasteiger partial charge in [-0.2, -0.15) is 0 Å². The lowest BCUT2D eigenvalue weighted by Gasteiger charge is -2.22. The Labute approximate surface area is 107 Å². The fourth-order valence-corrected chi connectivity index (χ4v) is 2.85. The second kappa shape index (κ2) is 5.97. The van der Waals surface area contributed by atoms with Gasteiger partial charge in [-0.1, -0.05) is 44.2 Å². The van der Waals surface area contributed by atoms with E-state index in [-0.39, 0.29) is 5.92 Å². The van der Waals surface area contributed by atoms with Gasteiger partial charge < -0.3 is 5.11 Å². The van der Waals surface area contributed by atoms with Crippen LogP contribution in [0.3, 0.4) is 0 Å². The van der Waals surface area contributed by atoms with E-state index in [1.54, 1.807) is 0 Å². The first-order chi connectivity index (χ1) is 8.32. The molecule has 6 heteroatoms. The van der Waals surface area contributed by atoms with Crippen LogP contribution >= 0.6 is 0 Å². The van der Waals surface area contributed by atoms with Gasteiger partial charge in [-0.3, -0.25) is 4.79 Å². The second-order valence-corrected chi connectivity index (χ2v) is 6.16. The first-order valence-electron chi connectivity index (χ1n) is 5.58. The van der Waals surface area contributed by atoms with Gasteiger partial charge in [-0.15, -0.1) is 0 Å². The fourth-order valence-electron chi connectivity index (χ4n) is 1.65. The summed E-state index contributed by atoms with van der Waals surface area (Å²) in [6.07, 6.45) is 0. The van der Waals surface area contributed by atoms with Crippen molar-refractivity contribution in [3.8, 4) is 0 Å². The molecule has 1 rings (SSSR count). The van der Waals surface area contributed by atoms with Crippen LogP contribution in [-0.4, -0.2) is 25.2 Å². The normalized spacial score (nSPS) is 13.5. The molecule has 1 atom stereocenters. The SMILES string of the molecule is CC(C)C(NS(=O)(=O)CC(=O)O)c1ccccc1. The van der Waals surface area contributed by atoms with Gasteiger partial charge in [0.15, 0.2) is 5.75 Å². The summed E-state index contributed by atoms with van der Waals surface area (Å²) in [7, 11) is -3.82. The van der Waals surface area contributed by atoms with E-state index < -0.39 is 27.8 Å². The van der Waals surface area contributed by atoms with Gasteiger partial charge in [0.25, 0.3) is 0 Å². The van der Waals surface area contributed by atoms with E-state index in [2.05, 4.69) is 4.72 Å². The van der Waals surface area contributed by atoms with E-state index in [4.69, 9.17) is 5.11 Å². The third-order valence-electron chi connectivity index (χ3n) is 2.45. The lowest BCUT2D eigenvalue weighted by molar-refractivity contribution is -0.134. The zero-order valence-electron chi connectivity index (χ0n) is 10.3. The summed E-state index contributed by atoms with van der Waals surface area (Å²) in [5, 5.41) is 8.55. The molecule has 1 aromatic carbocycles. The topological polar surface area (TPSA) is 83.5 Å². The molecule has 18 heavy (non-hydrogen) atoms. The number of benzene rings is 1. The molecule has 0 spiro atoms. The predicted octanol–water partition coefficient (Wildman–Crippen LogP) is 1.39. The molecule has 0 saturated carbocycles. The van der Waals surface area contributed by atoms with E-state index >= 15 is 0 Å². The monoisotopic (exact) mass is 271 g/mol. The Morgan fingerprint density at radius 3 is 2.28 bits per heavy atom. The lowest BCUT2D eigenvalue weighted by atomic mass is 9.97. The van der Waals surface area contributed by atoms with Crippen LogP contribution in [0.15, 0.2) is 30.3 Å². The molecule has 0 radical (unpaired) electrons. The quantitative estimate of drug-likeness (QED) is 0.819. The van der Waals surface area contributed by atoms with Gasteiger partial charge in [0.1, 0.15) is 0 Å². The Morgan fingerprint density at radius 2 is 1.83 bits per heavy atom. The summed E-state index contributed by atoms with van der Waals surface area (Å²) in [4.78, 5) is 10.5. The van der Waals surface area contributed by atoms with E-state index in [1.165, 1.54) is 0 Å². The Hall–Kier alpha value is -1.40. The molecular weight excluding hydrogens is 254 g/mol. The van der Waals surface area contributed by atoms with Crippen molar-refractivity contribution < 1.29 is 18.3 Å². The summed E-state index contributed by atoms with van der Waals surface area (Å²) in [5.41, 5.74) is 0.821. The van der Waals surface area contributed by atoms with Crippen molar-refractivity contribution in [1.82, 2.24) is 4.72 Å². The summed E-state index contributed by atoms with van der Waals surface area (Å²) in [5.74, 6) is -2.25. The van der Waals surface area contributed by atoms with E-state index in [0.717, 1.165) is 5.56 Å². The van der Waals surface area contributed by atoms with Gasteiger partial charge in [0.05, 0.1) is 0 Å². The van der Waals surface area contributed by atoms with Crippen molar-refractivity contribution in [3.05, 3.63) is 35.9 Å². The van der Waals surface area contributed by atoms with Crippen molar-refractivity contribution in [2.75, 3.05) is 5.75 Å². The average Bonchev–Trinajstić information content (AvgIpc) is 2.25. The lowest BCUT2D eigenvalue weighted by Crippen LogP contribution is -2.35. The maximum absolute atomic E-state index is 11.6. The molecule has 100 valence electrons. The summed E-state index contributed by atoms with van der Waals surface area (Å²) < 4.78 is 25.7. The Kier molecular flexibility index (Phi) is 4.86. The number of carbonyl (C=O) groups is 1. The highest BCUT2D eigenvalue weighted by atomic mass is 32.2. The van der Waals surface area contributed by atoms with E-state index in [9.17, 15) is 13.2 Å². The van der Waals surface area contributed by atoms with Crippen molar-refractivity contribution in [1.29, 1.82) is 0 Å². The minimum atomic E-state index is -3.82. The number of carboxylic acid groups (broad SMARTS) is 1. The minimum absolute atomic E-state index is 0.0240. The molecule has 5 nitrogen and oxygen atoms in total. The first kappa shape index (κ1) is 14.7. The standard InChI is InChI=1S/C12H17NO4S/c1-9(2)12(10-6-4-3-5-7-10)13-18(16,17)8-11(14)15/h3-7,9,12-13H,8H2,1-2H3,(H,14,15). The summed E-state index contributed by atoms with van der Waals surface area (Å²) in [6.45, 7) is 3.75. The van der Waals surface area contributed by atoms with Crippen LogP contribution in [0.4, 0.5) is 0 Å². The van der Waals surface area contributed by atoms with Crippen LogP contribution in [0, 0.1) is 5.92 Å². The molecule has 1 aromatic rings.